The highest BCUT2D eigenvalue weighted by Crippen LogP contribution is 2.28. The third-order valence-electron chi connectivity index (χ3n) is 3.67. The van der Waals surface area contributed by atoms with Crippen molar-refractivity contribution in [3.63, 3.8) is 0 Å². The Balaban J connectivity index is 1.98. The van der Waals surface area contributed by atoms with Crippen LogP contribution in [0.5, 0.6) is 5.75 Å². The predicted molar refractivity (Wildman–Crippen MR) is 82.2 cm³/mol. The van der Waals surface area contributed by atoms with Crippen LogP contribution < -0.4 is 10.1 Å². The van der Waals surface area contributed by atoms with Crippen molar-refractivity contribution in [3.05, 3.63) is 29.8 Å². The van der Waals surface area contributed by atoms with Gasteiger partial charge in [0.1, 0.15) is 5.75 Å². The molecule has 0 aliphatic heterocycles. The lowest BCUT2D eigenvalue weighted by Crippen LogP contribution is -2.26. The van der Waals surface area contributed by atoms with Crippen LogP contribution in [-0.4, -0.2) is 26.3 Å². The van der Waals surface area contributed by atoms with Crippen molar-refractivity contribution in [2.24, 2.45) is 5.92 Å². The first-order valence-electron chi connectivity index (χ1n) is 7.68. The summed E-state index contributed by atoms with van der Waals surface area (Å²) in [5, 5.41) is 3.56. The highest BCUT2D eigenvalue weighted by molar-refractivity contribution is 5.35. The molecule has 1 aromatic carbocycles. The Kier molecular flexibility index (Phi) is 5.86. The van der Waals surface area contributed by atoms with Gasteiger partial charge in [0, 0.05) is 24.8 Å². The highest BCUT2D eigenvalue weighted by Gasteiger charge is 2.24. The molecule has 1 unspecified atom stereocenters. The molecule has 0 bridgehead atoms. The number of hydrogen-bond donors (Lipinski definition) is 1. The Labute approximate surface area is 122 Å². The molecular formula is C17H27NO2. The summed E-state index contributed by atoms with van der Waals surface area (Å²) in [6.07, 6.45) is 3.76. The molecular weight excluding hydrogens is 250 g/mol. The zero-order valence-corrected chi connectivity index (χ0v) is 12.9. The van der Waals surface area contributed by atoms with E-state index < -0.39 is 0 Å². The minimum atomic E-state index is 0.0745. The molecule has 1 aliphatic rings. The van der Waals surface area contributed by atoms with Crippen molar-refractivity contribution >= 4 is 0 Å². The van der Waals surface area contributed by atoms with E-state index in [2.05, 4.69) is 25.2 Å². The van der Waals surface area contributed by atoms with Gasteiger partial charge in [-0.05, 0) is 31.2 Å². The maximum absolute atomic E-state index is 6.12. The third kappa shape index (κ3) is 4.80. The molecule has 3 nitrogen and oxygen atoms in total. The molecule has 0 heterocycles. The van der Waals surface area contributed by atoms with E-state index in [1.165, 1.54) is 12.8 Å². The van der Waals surface area contributed by atoms with E-state index in [9.17, 15) is 0 Å². The first-order valence-corrected chi connectivity index (χ1v) is 7.68. The maximum Gasteiger partial charge on any atom is 0.124 e. The van der Waals surface area contributed by atoms with Gasteiger partial charge in [0.05, 0.1) is 13.2 Å². The van der Waals surface area contributed by atoms with Crippen LogP contribution in [0.4, 0.5) is 0 Å². The van der Waals surface area contributed by atoms with Gasteiger partial charge in [-0.3, -0.25) is 0 Å². The Hall–Kier alpha value is -1.06. The normalized spacial score (nSPS) is 16.4. The molecule has 1 saturated carbocycles. The summed E-state index contributed by atoms with van der Waals surface area (Å²) in [7, 11) is 1.72. The molecule has 1 aliphatic carbocycles. The van der Waals surface area contributed by atoms with E-state index in [0.717, 1.165) is 30.9 Å². The van der Waals surface area contributed by atoms with Crippen LogP contribution in [0, 0.1) is 5.92 Å². The first-order chi connectivity index (χ1) is 9.70. The second-order valence-corrected chi connectivity index (χ2v) is 5.97. The Morgan fingerprint density at radius 1 is 1.25 bits per heavy atom. The van der Waals surface area contributed by atoms with Gasteiger partial charge in [0.15, 0.2) is 0 Å². The van der Waals surface area contributed by atoms with Crippen LogP contribution in [0.2, 0.25) is 0 Å². The summed E-state index contributed by atoms with van der Waals surface area (Å²) in [6, 6.07) is 8.86. The lowest BCUT2D eigenvalue weighted by Gasteiger charge is -2.21. The molecule has 0 radical (unpaired) electrons. The van der Waals surface area contributed by atoms with Crippen molar-refractivity contribution in [2.45, 2.75) is 45.3 Å². The molecule has 3 heteroatoms. The Morgan fingerprint density at radius 3 is 2.65 bits per heavy atom. The second-order valence-electron chi connectivity index (χ2n) is 5.97. The monoisotopic (exact) mass is 277 g/mol. The summed E-state index contributed by atoms with van der Waals surface area (Å²) in [5.74, 6) is 1.59. The minimum absolute atomic E-state index is 0.0745. The van der Waals surface area contributed by atoms with Gasteiger partial charge in [-0.25, -0.2) is 0 Å². The van der Waals surface area contributed by atoms with Crippen molar-refractivity contribution in [3.8, 4) is 5.75 Å². The van der Waals surface area contributed by atoms with Gasteiger partial charge in [0.25, 0.3) is 0 Å². The van der Waals surface area contributed by atoms with Gasteiger partial charge < -0.3 is 14.8 Å². The van der Waals surface area contributed by atoms with Crippen LogP contribution in [-0.2, 0) is 4.74 Å². The quantitative estimate of drug-likeness (QED) is 0.749. The average Bonchev–Trinajstić information content (AvgIpc) is 3.26. The number of nitrogens with one attached hydrogen (secondary N) is 1. The van der Waals surface area contributed by atoms with Gasteiger partial charge in [-0.15, -0.1) is 0 Å². The fourth-order valence-electron chi connectivity index (χ4n) is 2.20. The molecule has 112 valence electrons. The van der Waals surface area contributed by atoms with E-state index >= 15 is 0 Å². The SMILES string of the molecule is COc1ccccc1C(CNC1CC1)OCCC(C)C. The number of methoxy groups -OCH3 is 1. The Morgan fingerprint density at radius 2 is 2.00 bits per heavy atom. The molecule has 1 N–H and O–H groups in total. The van der Waals surface area contributed by atoms with Crippen molar-refractivity contribution in [1.82, 2.24) is 5.32 Å². The molecule has 0 spiro atoms. The fraction of sp³-hybridized carbons (Fsp3) is 0.647. The molecule has 1 aromatic rings. The van der Waals surface area contributed by atoms with E-state index in [1.807, 2.05) is 18.2 Å². The zero-order valence-electron chi connectivity index (χ0n) is 12.9. The van der Waals surface area contributed by atoms with Crippen molar-refractivity contribution in [1.29, 1.82) is 0 Å². The average molecular weight is 277 g/mol. The number of benzene rings is 1. The van der Waals surface area contributed by atoms with E-state index in [4.69, 9.17) is 9.47 Å². The minimum Gasteiger partial charge on any atom is -0.496 e. The van der Waals surface area contributed by atoms with Gasteiger partial charge >= 0.3 is 0 Å². The smallest absolute Gasteiger partial charge is 0.124 e. The van der Waals surface area contributed by atoms with Gasteiger partial charge in [-0.1, -0.05) is 32.0 Å². The fourth-order valence-corrected chi connectivity index (χ4v) is 2.20. The predicted octanol–water partition coefficient (Wildman–Crippen LogP) is 3.55. The maximum atomic E-state index is 6.12. The van der Waals surface area contributed by atoms with Crippen molar-refractivity contribution in [2.75, 3.05) is 20.3 Å². The highest BCUT2D eigenvalue weighted by atomic mass is 16.5. The number of para-hydroxylation sites is 1. The number of hydrogen-bond acceptors (Lipinski definition) is 3. The molecule has 0 aromatic heterocycles. The van der Waals surface area contributed by atoms with Crippen LogP contribution in [0.1, 0.15) is 44.8 Å². The topological polar surface area (TPSA) is 30.5 Å². The van der Waals surface area contributed by atoms with Crippen LogP contribution in [0.3, 0.4) is 0 Å². The summed E-state index contributed by atoms with van der Waals surface area (Å²) in [6.45, 7) is 6.11. The molecule has 0 amide bonds. The third-order valence-corrected chi connectivity index (χ3v) is 3.67. The largest absolute Gasteiger partial charge is 0.496 e. The number of ether oxygens (including phenoxy) is 2. The number of rotatable bonds is 9. The first kappa shape index (κ1) is 15.3. The van der Waals surface area contributed by atoms with Crippen molar-refractivity contribution < 1.29 is 9.47 Å². The van der Waals surface area contributed by atoms with Crippen LogP contribution in [0.25, 0.3) is 0 Å². The van der Waals surface area contributed by atoms with E-state index in [1.54, 1.807) is 7.11 Å². The molecule has 0 saturated heterocycles. The summed E-state index contributed by atoms with van der Waals surface area (Å²) < 4.78 is 11.6. The standard InChI is InChI=1S/C17H27NO2/c1-13(2)10-11-20-17(12-18-14-8-9-14)15-6-4-5-7-16(15)19-3/h4-7,13-14,17-18H,8-12H2,1-3H3. The zero-order chi connectivity index (χ0) is 14.4. The summed E-state index contributed by atoms with van der Waals surface area (Å²) in [5.41, 5.74) is 1.15. The van der Waals surface area contributed by atoms with Crippen LogP contribution >= 0.6 is 0 Å². The summed E-state index contributed by atoms with van der Waals surface area (Å²) >= 11 is 0. The summed E-state index contributed by atoms with van der Waals surface area (Å²) in [4.78, 5) is 0. The second kappa shape index (κ2) is 7.65. The molecule has 2 rings (SSSR count). The van der Waals surface area contributed by atoms with Gasteiger partial charge in [-0.2, -0.15) is 0 Å². The molecule has 1 atom stereocenters. The lowest BCUT2D eigenvalue weighted by atomic mass is 10.1. The van der Waals surface area contributed by atoms with E-state index in [-0.39, 0.29) is 6.10 Å². The molecule has 20 heavy (non-hydrogen) atoms. The van der Waals surface area contributed by atoms with E-state index in [0.29, 0.717) is 12.0 Å². The Bertz CT molecular complexity index is 402. The van der Waals surface area contributed by atoms with Crippen LogP contribution in [0.15, 0.2) is 24.3 Å². The molecule has 1 fully saturated rings. The van der Waals surface area contributed by atoms with Gasteiger partial charge in [0.2, 0.25) is 0 Å². The lowest BCUT2D eigenvalue weighted by molar-refractivity contribution is 0.0440.